The van der Waals surface area contributed by atoms with Crippen LogP contribution in [0.2, 0.25) is 0 Å². The third kappa shape index (κ3) is 2.76. The minimum Gasteiger partial charge on any atom is -0.493 e. The van der Waals surface area contributed by atoms with E-state index in [9.17, 15) is 0 Å². The molecule has 4 heteroatoms. The van der Waals surface area contributed by atoms with E-state index in [-0.39, 0.29) is 0 Å². The molecular formula is C17H17BrN2O. The van der Waals surface area contributed by atoms with E-state index in [0.717, 1.165) is 38.9 Å². The molecule has 0 aliphatic heterocycles. The van der Waals surface area contributed by atoms with Crippen molar-refractivity contribution in [3.63, 3.8) is 0 Å². The molecule has 0 amide bonds. The summed E-state index contributed by atoms with van der Waals surface area (Å²) in [5.74, 6) is 0.928. The molecule has 2 aromatic carbocycles. The number of nitrogen functional groups attached to an aromatic ring is 1. The van der Waals surface area contributed by atoms with Crippen LogP contribution >= 0.6 is 15.9 Å². The van der Waals surface area contributed by atoms with Crippen LogP contribution in [0.1, 0.15) is 12.5 Å². The molecule has 0 unspecified atom stereocenters. The van der Waals surface area contributed by atoms with Crippen molar-refractivity contribution in [1.82, 2.24) is 4.57 Å². The van der Waals surface area contributed by atoms with Gasteiger partial charge in [0.05, 0.1) is 12.1 Å². The zero-order valence-electron chi connectivity index (χ0n) is 11.8. The predicted octanol–water partition coefficient (Wildman–Crippen LogP) is 4.43. The van der Waals surface area contributed by atoms with Gasteiger partial charge in [0.2, 0.25) is 0 Å². The van der Waals surface area contributed by atoms with E-state index in [2.05, 4.69) is 44.9 Å². The normalized spacial score (nSPS) is 11.0. The van der Waals surface area contributed by atoms with Gasteiger partial charge >= 0.3 is 0 Å². The molecule has 3 aromatic rings. The van der Waals surface area contributed by atoms with Crippen molar-refractivity contribution in [2.45, 2.75) is 13.5 Å². The van der Waals surface area contributed by atoms with Crippen molar-refractivity contribution >= 4 is 32.5 Å². The Hall–Kier alpha value is -1.94. The summed E-state index contributed by atoms with van der Waals surface area (Å²) in [7, 11) is 0. The molecule has 3 nitrogen and oxygen atoms in total. The first-order valence-electron chi connectivity index (χ1n) is 6.93. The maximum atomic E-state index is 6.09. The number of aromatic nitrogens is 1. The Morgan fingerprint density at radius 2 is 2.05 bits per heavy atom. The fraction of sp³-hybridized carbons (Fsp3) is 0.176. The summed E-state index contributed by atoms with van der Waals surface area (Å²) in [6.07, 6.45) is 2.08. The van der Waals surface area contributed by atoms with Gasteiger partial charge in [-0.1, -0.05) is 28.1 Å². The van der Waals surface area contributed by atoms with Crippen molar-refractivity contribution in [1.29, 1.82) is 0 Å². The van der Waals surface area contributed by atoms with Crippen LogP contribution < -0.4 is 10.5 Å². The number of hydrogen-bond acceptors (Lipinski definition) is 2. The smallest absolute Gasteiger partial charge is 0.128 e. The number of anilines is 1. The Labute approximate surface area is 132 Å². The molecule has 0 atom stereocenters. The van der Waals surface area contributed by atoms with Gasteiger partial charge < -0.3 is 15.0 Å². The van der Waals surface area contributed by atoms with Crippen LogP contribution in [0.15, 0.2) is 53.1 Å². The maximum absolute atomic E-state index is 6.09. The lowest BCUT2D eigenvalue weighted by molar-refractivity contribution is 0.344. The fourth-order valence-electron chi connectivity index (χ4n) is 2.51. The fourth-order valence-corrected chi connectivity index (χ4v) is 2.89. The second-order valence-corrected chi connectivity index (χ2v) is 5.82. The Morgan fingerprint density at radius 1 is 1.19 bits per heavy atom. The summed E-state index contributed by atoms with van der Waals surface area (Å²) in [4.78, 5) is 0. The molecule has 0 saturated heterocycles. The number of hydrogen-bond donors (Lipinski definition) is 1. The summed E-state index contributed by atoms with van der Waals surface area (Å²) in [5.41, 5.74) is 9.15. The van der Waals surface area contributed by atoms with Gasteiger partial charge in [-0.15, -0.1) is 0 Å². The highest BCUT2D eigenvalue weighted by molar-refractivity contribution is 9.10. The Kier molecular flexibility index (Phi) is 3.88. The number of nitrogens with two attached hydrogens (primary N) is 1. The van der Waals surface area contributed by atoms with Gasteiger partial charge in [0, 0.05) is 28.3 Å². The third-order valence-corrected chi connectivity index (χ3v) is 4.02. The molecule has 0 radical (unpaired) electrons. The molecule has 21 heavy (non-hydrogen) atoms. The number of benzene rings is 2. The topological polar surface area (TPSA) is 40.2 Å². The van der Waals surface area contributed by atoms with Crippen LogP contribution in [0.4, 0.5) is 5.69 Å². The number of halogens is 1. The minimum absolute atomic E-state index is 0.671. The summed E-state index contributed by atoms with van der Waals surface area (Å²) in [6.45, 7) is 3.42. The van der Waals surface area contributed by atoms with Gasteiger partial charge in [0.25, 0.3) is 0 Å². The van der Waals surface area contributed by atoms with Crippen LogP contribution in [0.25, 0.3) is 10.9 Å². The first kappa shape index (κ1) is 14.0. The first-order chi connectivity index (χ1) is 10.2. The van der Waals surface area contributed by atoms with E-state index < -0.39 is 0 Å². The zero-order chi connectivity index (χ0) is 14.8. The van der Waals surface area contributed by atoms with E-state index in [1.807, 2.05) is 31.2 Å². The highest BCUT2D eigenvalue weighted by atomic mass is 79.9. The van der Waals surface area contributed by atoms with Gasteiger partial charge in [0.1, 0.15) is 5.75 Å². The van der Waals surface area contributed by atoms with E-state index in [1.54, 1.807) is 0 Å². The van der Waals surface area contributed by atoms with Crippen LogP contribution in [0, 0.1) is 0 Å². The Balaban J connectivity index is 1.99. The molecule has 0 aliphatic rings. The average molecular weight is 345 g/mol. The molecular weight excluding hydrogens is 328 g/mol. The molecule has 0 aliphatic carbocycles. The molecule has 108 valence electrons. The molecule has 0 bridgehead atoms. The molecule has 0 spiro atoms. The minimum atomic E-state index is 0.671. The van der Waals surface area contributed by atoms with Crippen molar-refractivity contribution in [3.05, 3.63) is 58.7 Å². The summed E-state index contributed by atoms with van der Waals surface area (Å²) < 4.78 is 8.87. The first-order valence-corrected chi connectivity index (χ1v) is 7.73. The van der Waals surface area contributed by atoms with Crippen LogP contribution in [0.3, 0.4) is 0 Å². The standard InChI is InChI=1S/C17H17BrN2O/c1-2-21-17-5-3-4-16-14(17)8-9-20(16)11-12-6-7-13(18)10-15(12)19/h3-10H,2,11,19H2,1H3. The summed E-state index contributed by atoms with van der Waals surface area (Å²) in [6, 6.07) is 14.2. The van der Waals surface area contributed by atoms with Crippen LogP contribution in [0.5, 0.6) is 5.75 Å². The van der Waals surface area contributed by atoms with E-state index in [4.69, 9.17) is 10.5 Å². The Morgan fingerprint density at radius 3 is 2.81 bits per heavy atom. The lowest BCUT2D eigenvalue weighted by Crippen LogP contribution is -2.02. The summed E-state index contributed by atoms with van der Waals surface area (Å²) in [5, 5.41) is 1.13. The number of rotatable bonds is 4. The van der Waals surface area contributed by atoms with Crippen molar-refractivity contribution in [2.75, 3.05) is 12.3 Å². The zero-order valence-corrected chi connectivity index (χ0v) is 13.4. The van der Waals surface area contributed by atoms with Gasteiger partial charge in [-0.05, 0) is 42.8 Å². The number of ether oxygens (including phenoxy) is 1. The lowest BCUT2D eigenvalue weighted by atomic mass is 10.2. The SMILES string of the molecule is CCOc1cccc2c1ccn2Cc1ccc(Br)cc1N. The molecule has 3 rings (SSSR count). The molecule has 0 fully saturated rings. The van der Waals surface area contributed by atoms with E-state index >= 15 is 0 Å². The third-order valence-electron chi connectivity index (χ3n) is 3.52. The number of nitrogens with zero attached hydrogens (tertiary/aromatic N) is 1. The predicted molar refractivity (Wildman–Crippen MR) is 90.8 cm³/mol. The van der Waals surface area contributed by atoms with Gasteiger partial charge in [-0.2, -0.15) is 0 Å². The van der Waals surface area contributed by atoms with Gasteiger partial charge in [0.15, 0.2) is 0 Å². The lowest BCUT2D eigenvalue weighted by Gasteiger charge is -2.10. The largest absolute Gasteiger partial charge is 0.493 e. The second kappa shape index (κ2) is 5.82. The van der Waals surface area contributed by atoms with Gasteiger partial charge in [-0.3, -0.25) is 0 Å². The highest BCUT2D eigenvalue weighted by Crippen LogP contribution is 2.28. The number of fused-ring (bicyclic) bond motifs is 1. The summed E-state index contributed by atoms with van der Waals surface area (Å²) >= 11 is 3.44. The van der Waals surface area contributed by atoms with Crippen LogP contribution in [-0.4, -0.2) is 11.2 Å². The van der Waals surface area contributed by atoms with Crippen molar-refractivity contribution in [3.8, 4) is 5.75 Å². The van der Waals surface area contributed by atoms with Crippen molar-refractivity contribution in [2.24, 2.45) is 0 Å². The Bertz CT molecular complexity index is 780. The highest BCUT2D eigenvalue weighted by Gasteiger charge is 2.08. The van der Waals surface area contributed by atoms with Crippen LogP contribution in [-0.2, 0) is 6.54 Å². The maximum Gasteiger partial charge on any atom is 0.128 e. The molecule has 2 N–H and O–H groups in total. The van der Waals surface area contributed by atoms with E-state index in [1.165, 1.54) is 0 Å². The van der Waals surface area contributed by atoms with Gasteiger partial charge in [-0.25, -0.2) is 0 Å². The molecule has 0 saturated carbocycles. The quantitative estimate of drug-likeness (QED) is 0.711. The average Bonchev–Trinajstić information content (AvgIpc) is 2.87. The molecule has 1 heterocycles. The monoisotopic (exact) mass is 344 g/mol. The second-order valence-electron chi connectivity index (χ2n) is 4.91. The van der Waals surface area contributed by atoms with Crippen molar-refractivity contribution < 1.29 is 4.74 Å². The molecule has 1 aromatic heterocycles. The van der Waals surface area contributed by atoms with E-state index in [0.29, 0.717) is 6.61 Å².